The van der Waals surface area contributed by atoms with E-state index in [1.165, 1.54) is 10.4 Å². The van der Waals surface area contributed by atoms with Crippen LogP contribution in [0.2, 0.25) is 4.34 Å². The molecule has 0 aromatic carbocycles. The van der Waals surface area contributed by atoms with Crippen LogP contribution < -0.4 is 5.32 Å². The third kappa shape index (κ3) is 3.28. The average Bonchev–Trinajstić information content (AvgIpc) is 2.87. The van der Waals surface area contributed by atoms with Crippen molar-refractivity contribution in [2.45, 2.75) is 32.9 Å². The van der Waals surface area contributed by atoms with E-state index in [1.807, 2.05) is 12.3 Å². The summed E-state index contributed by atoms with van der Waals surface area (Å²) in [5, 5.41) is 6.77. The molecule has 0 aliphatic rings. The third-order valence-corrected chi connectivity index (χ3v) is 4.80. The van der Waals surface area contributed by atoms with Gasteiger partial charge >= 0.3 is 0 Å². The van der Waals surface area contributed by atoms with Gasteiger partial charge in [-0.15, -0.1) is 22.7 Å². The topological polar surface area (TPSA) is 24.9 Å². The maximum absolute atomic E-state index is 5.94. The maximum atomic E-state index is 5.94. The first kappa shape index (κ1) is 13.0. The van der Waals surface area contributed by atoms with Gasteiger partial charge < -0.3 is 5.32 Å². The summed E-state index contributed by atoms with van der Waals surface area (Å²) < 4.78 is 0.839. The zero-order chi connectivity index (χ0) is 12.4. The Labute approximate surface area is 115 Å². The van der Waals surface area contributed by atoms with Gasteiger partial charge in [0.1, 0.15) is 5.01 Å². The van der Waals surface area contributed by atoms with E-state index in [1.54, 1.807) is 22.7 Å². The molecule has 17 heavy (non-hydrogen) atoms. The Morgan fingerprint density at radius 3 is 2.65 bits per heavy atom. The fourth-order valence-electron chi connectivity index (χ4n) is 1.67. The molecule has 0 radical (unpaired) electrons. The predicted octanol–water partition coefficient (Wildman–Crippen LogP) is 4.58. The highest BCUT2D eigenvalue weighted by Crippen LogP contribution is 2.27. The molecule has 0 aliphatic heterocycles. The van der Waals surface area contributed by atoms with Crippen molar-refractivity contribution in [1.29, 1.82) is 0 Å². The molecule has 0 saturated carbocycles. The largest absolute Gasteiger partial charge is 0.301 e. The minimum absolute atomic E-state index is 0.266. The minimum Gasteiger partial charge on any atom is -0.301 e. The number of nitrogens with one attached hydrogen (secondary N) is 1. The Hall–Kier alpha value is -0.420. The van der Waals surface area contributed by atoms with E-state index >= 15 is 0 Å². The highest BCUT2D eigenvalue weighted by molar-refractivity contribution is 7.14. The molecule has 2 rings (SSSR count). The Balaban J connectivity index is 2.01. The quantitative estimate of drug-likeness (QED) is 0.890. The molecule has 2 aromatic heterocycles. The first-order valence-electron chi connectivity index (χ1n) is 5.48. The molecule has 2 atom stereocenters. The molecule has 0 spiro atoms. The second-order valence-corrected chi connectivity index (χ2v) is 6.91. The van der Waals surface area contributed by atoms with Gasteiger partial charge in [0, 0.05) is 17.1 Å². The summed E-state index contributed by atoms with van der Waals surface area (Å²) in [6, 6.07) is 2.57. The summed E-state index contributed by atoms with van der Waals surface area (Å²) in [5.74, 6) is 0. The standard InChI is InChI=1S/C12H15ClN2S2/c1-7-5-14-12(17-7)9(3)15-8(2)10-4-11(13)16-6-10/h4-6,8-9,15H,1-3H3. The van der Waals surface area contributed by atoms with Crippen LogP contribution in [0.5, 0.6) is 0 Å². The van der Waals surface area contributed by atoms with E-state index in [2.05, 4.69) is 36.5 Å². The van der Waals surface area contributed by atoms with Crippen molar-refractivity contribution in [3.05, 3.63) is 37.4 Å². The van der Waals surface area contributed by atoms with Crippen LogP contribution in [0.1, 0.15) is 41.4 Å². The lowest BCUT2D eigenvalue weighted by molar-refractivity contribution is 0.494. The third-order valence-electron chi connectivity index (χ3n) is 2.60. The minimum atomic E-state index is 0.266. The molecule has 0 aliphatic carbocycles. The summed E-state index contributed by atoms with van der Waals surface area (Å²) in [5.41, 5.74) is 1.24. The lowest BCUT2D eigenvalue weighted by Crippen LogP contribution is -2.21. The van der Waals surface area contributed by atoms with Crippen LogP contribution in [0.3, 0.4) is 0 Å². The van der Waals surface area contributed by atoms with Gasteiger partial charge in [-0.2, -0.15) is 0 Å². The molecule has 92 valence electrons. The molecule has 0 fully saturated rings. The summed E-state index contributed by atoms with van der Waals surface area (Å²) in [6.07, 6.45) is 1.92. The van der Waals surface area contributed by atoms with Crippen molar-refractivity contribution >= 4 is 34.3 Å². The summed E-state index contributed by atoms with van der Waals surface area (Å²) >= 11 is 9.26. The molecule has 0 saturated heterocycles. The summed E-state index contributed by atoms with van der Waals surface area (Å²) in [6.45, 7) is 6.37. The van der Waals surface area contributed by atoms with Crippen molar-refractivity contribution in [2.24, 2.45) is 0 Å². The zero-order valence-corrected chi connectivity index (χ0v) is 12.4. The van der Waals surface area contributed by atoms with E-state index in [0.29, 0.717) is 0 Å². The predicted molar refractivity (Wildman–Crippen MR) is 76.1 cm³/mol. The Kier molecular flexibility index (Phi) is 4.20. The number of hydrogen-bond donors (Lipinski definition) is 1. The van der Waals surface area contributed by atoms with Gasteiger partial charge in [0.15, 0.2) is 0 Å². The smallest absolute Gasteiger partial charge is 0.109 e. The first-order valence-corrected chi connectivity index (χ1v) is 7.56. The van der Waals surface area contributed by atoms with Gasteiger partial charge in [-0.05, 0) is 37.8 Å². The molecule has 2 nitrogen and oxygen atoms in total. The van der Waals surface area contributed by atoms with Crippen LogP contribution in [0.4, 0.5) is 0 Å². The number of hydrogen-bond acceptors (Lipinski definition) is 4. The Morgan fingerprint density at radius 1 is 1.35 bits per heavy atom. The van der Waals surface area contributed by atoms with Crippen LogP contribution in [0.15, 0.2) is 17.6 Å². The van der Waals surface area contributed by atoms with Gasteiger partial charge in [-0.3, -0.25) is 0 Å². The van der Waals surface area contributed by atoms with E-state index in [0.717, 1.165) is 9.34 Å². The fourth-order valence-corrected chi connectivity index (χ4v) is 3.44. The van der Waals surface area contributed by atoms with Crippen LogP contribution in [0.25, 0.3) is 0 Å². The van der Waals surface area contributed by atoms with Crippen LogP contribution >= 0.6 is 34.3 Å². The highest BCUT2D eigenvalue weighted by Gasteiger charge is 2.14. The highest BCUT2D eigenvalue weighted by atomic mass is 35.5. The number of aryl methyl sites for hydroxylation is 1. The van der Waals surface area contributed by atoms with Gasteiger partial charge in [0.2, 0.25) is 0 Å². The van der Waals surface area contributed by atoms with Crippen LogP contribution in [-0.4, -0.2) is 4.98 Å². The molecule has 0 amide bonds. The van der Waals surface area contributed by atoms with Crippen molar-refractivity contribution in [1.82, 2.24) is 10.3 Å². The Bertz CT molecular complexity index is 448. The average molecular weight is 287 g/mol. The van der Waals surface area contributed by atoms with Crippen molar-refractivity contribution in [2.75, 3.05) is 0 Å². The van der Waals surface area contributed by atoms with Crippen molar-refractivity contribution in [3.8, 4) is 0 Å². The van der Waals surface area contributed by atoms with Gasteiger partial charge in [0.25, 0.3) is 0 Å². The summed E-state index contributed by atoms with van der Waals surface area (Å²) in [7, 11) is 0. The molecular weight excluding hydrogens is 272 g/mol. The van der Waals surface area contributed by atoms with Crippen molar-refractivity contribution < 1.29 is 0 Å². The van der Waals surface area contributed by atoms with Crippen molar-refractivity contribution in [3.63, 3.8) is 0 Å². The normalized spacial score (nSPS) is 14.8. The molecular formula is C12H15ClN2S2. The summed E-state index contributed by atoms with van der Waals surface area (Å²) in [4.78, 5) is 5.65. The number of nitrogens with zero attached hydrogens (tertiary/aromatic N) is 1. The van der Waals surface area contributed by atoms with E-state index < -0.39 is 0 Å². The van der Waals surface area contributed by atoms with Crippen LogP contribution in [0, 0.1) is 6.92 Å². The maximum Gasteiger partial charge on any atom is 0.109 e. The molecule has 2 heterocycles. The lowest BCUT2D eigenvalue weighted by Gasteiger charge is -2.17. The SMILES string of the molecule is Cc1cnc(C(C)NC(C)c2csc(Cl)c2)s1. The van der Waals surface area contributed by atoms with E-state index in [9.17, 15) is 0 Å². The molecule has 0 bridgehead atoms. The van der Waals surface area contributed by atoms with Crippen LogP contribution in [-0.2, 0) is 0 Å². The molecule has 1 N–H and O–H groups in total. The van der Waals surface area contributed by atoms with Gasteiger partial charge in [-0.25, -0.2) is 4.98 Å². The zero-order valence-electron chi connectivity index (χ0n) is 10.0. The first-order chi connectivity index (χ1) is 8.06. The van der Waals surface area contributed by atoms with Gasteiger partial charge in [-0.1, -0.05) is 11.6 Å². The van der Waals surface area contributed by atoms with E-state index in [4.69, 9.17) is 11.6 Å². The second-order valence-electron chi connectivity index (χ2n) is 4.10. The monoisotopic (exact) mass is 286 g/mol. The molecule has 2 unspecified atom stereocenters. The van der Waals surface area contributed by atoms with Gasteiger partial charge in [0.05, 0.1) is 10.4 Å². The fraction of sp³-hybridized carbons (Fsp3) is 0.417. The number of rotatable bonds is 4. The number of halogens is 1. The lowest BCUT2D eigenvalue weighted by atomic mass is 10.1. The number of aromatic nitrogens is 1. The number of thiazole rings is 1. The molecule has 2 aromatic rings. The Morgan fingerprint density at radius 2 is 2.12 bits per heavy atom. The number of thiophene rings is 1. The molecule has 5 heteroatoms. The van der Waals surface area contributed by atoms with E-state index in [-0.39, 0.29) is 12.1 Å². The second kappa shape index (κ2) is 5.48.